The van der Waals surface area contributed by atoms with E-state index in [4.69, 9.17) is 56.9 Å². The van der Waals surface area contributed by atoms with E-state index < -0.39 is 84.4 Å². The molecule has 0 saturated carbocycles. The highest BCUT2D eigenvalue weighted by molar-refractivity contribution is 6.87. The molecule has 0 atom stereocenters. The summed E-state index contributed by atoms with van der Waals surface area (Å²) in [5, 5.41) is 0. The summed E-state index contributed by atoms with van der Waals surface area (Å²) in [6.07, 6.45) is 7.95. The Hall–Kier alpha value is 1.65. The van der Waals surface area contributed by atoms with E-state index in [0.717, 1.165) is 75.2 Å². The molecule has 0 spiro atoms. The Bertz CT molecular complexity index is 1120. The molecule has 0 heterocycles. The van der Waals surface area contributed by atoms with Crippen molar-refractivity contribution in [1.29, 1.82) is 0 Å². The lowest BCUT2D eigenvalue weighted by molar-refractivity contribution is 0.123. The van der Waals surface area contributed by atoms with Gasteiger partial charge in [0.2, 0.25) is 0 Å². The summed E-state index contributed by atoms with van der Waals surface area (Å²) in [4.78, 5) is 0. The third-order valence-electron chi connectivity index (χ3n) is 13.9. The number of hydrogen-bond donors (Lipinski definition) is 0. The van der Waals surface area contributed by atoms with Gasteiger partial charge in [-0.2, -0.15) is 0 Å². The normalized spacial score (nSPS) is 14.4. The molecule has 0 N–H and O–H groups in total. The molecule has 0 unspecified atom stereocenters. The van der Waals surface area contributed by atoms with E-state index in [-0.39, 0.29) is 0 Å². The standard InChI is InChI=1S/C44H110O13Si10/c1-23-54-31-24-38-64(39-25-32-58(11,12)55-61(17,18)35-28-42-65(45-2,46-3)47-4,40-26-33-59(13,14)56-62(19,20)36-29-43-66(48-5,49-6)50-7)41-27-34-60(15,16)57-63(21,22)37-30-44-67(51-8,52-9)53-10/h23-44H2,1-22H3. The number of ether oxygens (including phenoxy) is 1. The summed E-state index contributed by atoms with van der Waals surface area (Å²) in [6.45, 7) is 33.0. The van der Waals surface area contributed by atoms with E-state index in [0.29, 0.717) is 0 Å². The van der Waals surface area contributed by atoms with E-state index in [9.17, 15) is 0 Å². The van der Waals surface area contributed by atoms with E-state index in [2.05, 4.69) is 85.5 Å². The number of rotatable bonds is 44. The SMILES string of the molecule is CCOCCC[Si](CCC[Si](C)(C)O[Si](C)(C)CCC[Si](OC)(OC)OC)(CCC[Si](C)(C)O[Si](C)(C)CCC[Si](OC)(OC)OC)CCC[Si](C)(C)O[Si](C)(C)CCC[Si](OC)(OC)OC. The van der Waals surface area contributed by atoms with Crippen LogP contribution in [-0.2, 0) is 56.9 Å². The quantitative estimate of drug-likeness (QED) is 0.0426. The summed E-state index contributed by atoms with van der Waals surface area (Å²) in [5.41, 5.74) is 0. The molecule has 23 heteroatoms. The van der Waals surface area contributed by atoms with Crippen molar-refractivity contribution in [2.45, 2.75) is 209 Å². The Kier molecular flexibility index (Phi) is 33.0. The Labute approximate surface area is 425 Å². The van der Waals surface area contributed by atoms with Crippen LogP contribution < -0.4 is 0 Å². The molecule has 0 aromatic rings. The van der Waals surface area contributed by atoms with Crippen LogP contribution in [0.4, 0.5) is 0 Å². The third kappa shape index (κ3) is 28.2. The highest BCUT2D eigenvalue weighted by Gasteiger charge is 2.43. The van der Waals surface area contributed by atoms with Crippen molar-refractivity contribution in [1.82, 2.24) is 0 Å². The zero-order chi connectivity index (χ0) is 51.7. The van der Waals surface area contributed by atoms with Gasteiger partial charge in [0, 0.05) is 95.3 Å². The first-order chi connectivity index (χ1) is 31.0. The van der Waals surface area contributed by atoms with Crippen LogP contribution in [-0.4, -0.2) is 162 Å². The van der Waals surface area contributed by atoms with Crippen molar-refractivity contribution >= 4 is 84.4 Å². The van der Waals surface area contributed by atoms with Crippen molar-refractivity contribution in [3.63, 3.8) is 0 Å². The molecule has 0 aromatic carbocycles. The van der Waals surface area contributed by atoms with Gasteiger partial charge in [-0.25, -0.2) is 0 Å². The molecule has 0 aliphatic carbocycles. The van der Waals surface area contributed by atoms with Crippen LogP contribution in [0.25, 0.3) is 0 Å². The Morgan fingerprint density at radius 3 is 0.642 bits per heavy atom. The predicted octanol–water partition coefficient (Wildman–Crippen LogP) is 13.1. The van der Waals surface area contributed by atoms with Crippen LogP contribution in [0, 0.1) is 0 Å². The van der Waals surface area contributed by atoms with Crippen LogP contribution in [0.3, 0.4) is 0 Å². The molecular weight excluding hydrogens is 1020 g/mol. The van der Waals surface area contributed by atoms with E-state index in [1.807, 2.05) is 0 Å². The lowest BCUT2D eigenvalue weighted by Gasteiger charge is -2.39. The van der Waals surface area contributed by atoms with Gasteiger partial charge in [0.05, 0.1) is 8.07 Å². The van der Waals surface area contributed by atoms with Gasteiger partial charge in [-0.3, -0.25) is 0 Å². The van der Waals surface area contributed by atoms with Crippen molar-refractivity contribution in [3.8, 4) is 0 Å². The average molecular weight is 1130 g/mol. The van der Waals surface area contributed by atoms with Crippen LogP contribution in [0.15, 0.2) is 0 Å². The van der Waals surface area contributed by atoms with Gasteiger partial charge in [0.25, 0.3) is 0 Å². The van der Waals surface area contributed by atoms with Crippen molar-refractivity contribution < 1.29 is 56.9 Å². The molecule has 404 valence electrons. The minimum Gasteiger partial charge on any atom is -0.455 e. The molecule has 13 nitrogen and oxygen atoms in total. The van der Waals surface area contributed by atoms with Gasteiger partial charge >= 0.3 is 26.4 Å². The van der Waals surface area contributed by atoms with Gasteiger partial charge in [0.1, 0.15) is 0 Å². The first kappa shape index (κ1) is 68.6. The molecule has 0 radical (unpaired) electrons. The average Bonchev–Trinajstić information content (AvgIpc) is 3.23. The molecule has 0 aliphatic heterocycles. The van der Waals surface area contributed by atoms with Crippen LogP contribution >= 0.6 is 0 Å². The fourth-order valence-electron chi connectivity index (χ4n) is 10.5. The third-order valence-corrected chi connectivity index (χ3v) is 50.7. The van der Waals surface area contributed by atoms with Gasteiger partial charge in [0.15, 0.2) is 49.9 Å². The minimum atomic E-state index is -2.59. The summed E-state index contributed by atoms with van der Waals surface area (Å²) in [6, 6.07) is 14.8. The van der Waals surface area contributed by atoms with Crippen molar-refractivity contribution in [3.05, 3.63) is 0 Å². The molecule has 0 rings (SSSR count). The first-order valence-corrected chi connectivity index (χ1v) is 52.9. The minimum absolute atomic E-state index is 0.779. The highest BCUT2D eigenvalue weighted by atomic mass is 28.4. The molecule has 0 fully saturated rings. The van der Waals surface area contributed by atoms with E-state index in [1.54, 1.807) is 64.0 Å². The lowest BCUT2D eigenvalue weighted by atomic mass is 10.5. The topological polar surface area (TPSA) is 120 Å². The first-order valence-electron chi connectivity index (χ1n) is 25.6. The predicted molar refractivity (Wildman–Crippen MR) is 306 cm³/mol. The maximum atomic E-state index is 7.26. The second-order valence-electron chi connectivity index (χ2n) is 22.7. The summed E-state index contributed by atoms with van der Waals surface area (Å²) < 4.78 is 79.4. The Morgan fingerprint density at radius 2 is 0.448 bits per heavy atom. The lowest BCUT2D eigenvalue weighted by Crippen LogP contribution is -2.46. The Morgan fingerprint density at radius 1 is 0.254 bits per heavy atom. The summed E-state index contributed by atoms with van der Waals surface area (Å²) in [5.74, 6) is 0. The zero-order valence-electron chi connectivity index (χ0n) is 47.9. The van der Waals surface area contributed by atoms with Crippen molar-refractivity contribution in [2.24, 2.45) is 0 Å². The number of hydrogen-bond acceptors (Lipinski definition) is 13. The molecular formula is C44H110O13Si10. The van der Waals surface area contributed by atoms with Crippen LogP contribution in [0.1, 0.15) is 51.9 Å². The molecule has 67 heavy (non-hydrogen) atoms. The second kappa shape index (κ2) is 32.2. The molecule has 0 aromatic heterocycles. The molecule has 0 bridgehead atoms. The van der Waals surface area contributed by atoms with Gasteiger partial charge in [-0.05, 0) is 147 Å². The molecule has 0 aliphatic rings. The summed E-state index contributed by atoms with van der Waals surface area (Å²) in [7, 11) is -5.65. The van der Waals surface area contributed by atoms with Gasteiger partial charge in [-0.15, -0.1) is 0 Å². The highest BCUT2D eigenvalue weighted by Crippen LogP contribution is 2.38. The molecule has 0 saturated heterocycles. The molecule has 0 amide bonds. The van der Waals surface area contributed by atoms with E-state index >= 15 is 0 Å². The van der Waals surface area contributed by atoms with Crippen molar-refractivity contribution in [2.75, 3.05) is 77.2 Å². The van der Waals surface area contributed by atoms with E-state index in [1.165, 1.54) is 61.6 Å². The second-order valence-corrected chi connectivity index (χ2v) is 63.5. The maximum absolute atomic E-state index is 7.26. The largest absolute Gasteiger partial charge is 0.500 e. The fourth-order valence-corrected chi connectivity index (χ4v) is 49.6. The van der Waals surface area contributed by atoms with Gasteiger partial charge < -0.3 is 56.9 Å². The van der Waals surface area contributed by atoms with Crippen LogP contribution in [0.5, 0.6) is 0 Å². The fraction of sp³-hybridized carbons (Fsp3) is 1.00. The van der Waals surface area contributed by atoms with Crippen LogP contribution in [0.2, 0.25) is 157 Å². The summed E-state index contributed by atoms with van der Waals surface area (Å²) >= 11 is 0. The Balaban J connectivity index is 6.33. The smallest absolute Gasteiger partial charge is 0.455 e. The van der Waals surface area contributed by atoms with Gasteiger partial charge in [-0.1, -0.05) is 43.4 Å². The maximum Gasteiger partial charge on any atom is 0.500 e. The monoisotopic (exact) mass is 1130 g/mol. The zero-order valence-corrected chi connectivity index (χ0v) is 57.9.